The number of amides is 2. The third-order valence-electron chi connectivity index (χ3n) is 4.21. The lowest BCUT2D eigenvalue weighted by Gasteiger charge is -2.27. The highest BCUT2D eigenvalue weighted by molar-refractivity contribution is 5.74. The monoisotopic (exact) mass is 284 g/mol. The minimum Gasteiger partial charge on any atom is -0.481 e. The van der Waals surface area contributed by atoms with Gasteiger partial charge in [0.15, 0.2) is 0 Å². The Morgan fingerprint density at radius 1 is 1.40 bits per heavy atom. The standard InChI is InChI=1S/C15H28N2O3/c1-11(13(18)19)6-5-8-16-14(20)17-9-7-12(10-17)15(2,3)4/h11-12H,5-10H2,1-4H3,(H,16,20)(H,18,19). The lowest BCUT2D eigenvalue weighted by atomic mass is 9.80. The smallest absolute Gasteiger partial charge is 0.317 e. The van der Waals surface area contributed by atoms with Crippen LogP contribution in [0.1, 0.15) is 47.0 Å². The summed E-state index contributed by atoms with van der Waals surface area (Å²) in [5, 5.41) is 11.7. The third kappa shape index (κ3) is 5.02. The van der Waals surface area contributed by atoms with Crippen molar-refractivity contribution >= 4 is 12.0 Å². The number of hydrogen-bond donors (Lipinski definition) is 2. The molecule has 1 aliphatic heterocycles. The lowest BCUT2D eigenvalue weighted by molar-refractivity contribution is -0.141. The predicted octanol–water partition coefficient (Wildman–Crippen LogP) is 2.56. The van der Waals surface area contributed by atoms with Crippen LogP contribution >= 0.6 is 0 Å². The third-order valence-corrected chi connectivity index (χ3v) is 4.21. The van der Waals surface area contributed by atoms with E-state index in [9.17, 15) is 9.59 Å². The molecule has 0 spiro atoms. The second-order valence-electron chi connectivity index (χ2n) is 6.91. The maximum atomic E-state index is 12.0. The molecule has 0 radical (unpaired) electrons. The fourth-order valence-electron chi connectivity index (χ4n) is 2.49. The van der Waals surface area contributed by atoms with Crippen molar-refractivity contribution in [2.24, 2.45) is 17.3 Å². The number of likely N-dealkylation sites (tertiary alicyclic amines) is 1. The molecule has 2 atom stereocenters. The molecule has 1 heterocycles. The van der Waals surface area contributed by atoms with Crippen molar-refractivity contribution in [3.63, 3.8) is 0 Å². The van der Waals surface area contributed by atoms with E-state index < -0.39 is 5.97 Å². The number of carbonyl (C=O) groups is 2. The Hall–Kier alpha value is -1.26. The van der Waals surface area contributed by atoms with Crippen LogP contribution in [0.15, 0.2) is 0 Å². The van der Waals surface area contributed by atoms with Crippen LogP contribution in [0.4, 0.5) is 4.79 Å². The van der Waals surface area contributed by atoms with Crippen molar-refractivity contribution in [1.82, 2.24) is 10.2 Å². The van der Waals surface area contributed by atoms with Gasteiger partial charge in [0.25, 0.3) is 0 Å². The number of aliphatic carboxylic acids is 1. The van der Waals surface area contributed by atoms with E-state index >= 15 is 0 Å². The van der Waals surface area contributed by atoms with Crippen LogP contribution in [0.3, 0.4) is 0 Å². The van der Waals surface area contributed by atoms with Gasteiger partial charge in [-0.15, -0.1) is 0 Å². The Morgan fingerprint density at radius 3 is 2.55 bits per heavy atom. The average molecular weight is 284 g/mol. The first-order chi connectivity index (χ1) is 9.21. The van der Waals surface area contributed by atoms with Crippen molar-refractivity contribution in [2.45, 2.75) is 47.0 Å². The summed E-state index contributed by atoms with van der Waals surface area (Å²) in [7, 11) is 0. The summed E-state index contributed by atoms with van der Waals surface area (Å²) in [4.78, 5) is 24.5. The van der Waals surface area contributed by atoms with Gasteiger partial charge in [0.05, 0.1) is 5.92 Å². The fraction of sp³-hybridized carbons (Fsp3) is 0.867. The molecule has 0 aromatic heterocycles. The number of carboxylic acid groups (broad SMARTS) is 1. The number of nitrogens with one attached hydrogen (secondary N) is 1. The van der Waals surface area contributed by atoms with Gasteiger partial charge in [0.2, 0.25) is 0 Å². The van der Waals surface area contributed by atoms with E-state index in [-0.39, 0.29) is 17.4 Å². The normalized spacial score (nSPS) is 20.8. The Morgan fingerprint density at radius 2 is 2.05 bits per heavy atom. The summed E-state index contributed by atoms with van der Waals surface area (Å²) >= 11 is 0. The van der Waals surface area contributed by atoms with Gasteiger partial charge in [-0.25, -0.2) is 4.79 Å². The van der Waals surface area contributed by atoms with Crippen molar-refractivity contribution in [3.8, 4) is 0 Å². The molecule has 2 amide bonds. The van der Waals surface area contributed by atoms with Crippen LogP contribution < -0.4 is 5.32 Å². The SMILES string of the molecule is CC(CCCNC(=O)N1CCC(C(C)(C)C)C1)C(=O)O. The van der Waals surface area contributed by atoms with E-state index in [2.05, 4.69) is 26.1 Å². The lowest BCUT2D eigenvalue weighted by Crippen LogP contribution is -2.39. The van der Waals surface area contributed by atoms with Gasteiger partial charge in [-0.1, -0.05) is 27.7 Å². The van der Waals surface area contributed by atoms with Gasteiger partial charge in [0, 0.05) is 19.6 Å². The Bertz CT molecular complexity index is 350. The minimum absolute atomic E-state index is 0.0141. The topological polar surface area (TPSA) is 69.6 Å². The first kappa shape index (κ1) is 16.8. The summed E-state index contributed by atoms with van der Waals surface area (Å²) in [5.74, 6) is -0.562. The predicted molar refractivity (Wildman–Crippen MR) is 78.6 cm³/mol. The highest BCUT2D eigenvalue weighted by atomic mass is 16.4. The van der Waals surface area contributed by atoms with Crippen LogP contribution in [0.5, 0.6) is 0 Å². The van der Waals surface area contributed by atoms with E-state index in [4.69, 9.17) is 5.11 Å². The molecule has 0 bridgehead atoms. The van der Waals surface area contributed by atoms with Crippen molar-refractivity contribution in [1.29, 1.82) is 0 Å². The molecule has 5 heteroatoms. The Kier molecular flexibility index (Phi) is 5.84. The molecular formula is C15H28N2O3. The molecule has 0 aliphatic carbocycles. The van der Waals surface area contributed by atoms with Crippen LogP contribution in [0.2, 0.25) is 0 Å². The van der Waals surface area contributed by atoms with Crippen LogP contribution in [-0.2, 0) is 4.79 Å². The molecule has 2 N–H and O–H groups in total. The Balaban J connectivity index is 2.23. The van der Waals surface area contributed by atoms with Crippen molar-refractivity contribution in [3.05, 3.63) is 0 Å². The van der Waals surface area contributed by atoms with Crippen LogP contribution in [0.25, 0.3) is 0 Å². The molecule has 5 nitrogen and oxygen atoms in total. The van der Waals surface area contributed by atoms with Gasteiger partial charge < -0.3 is 15.3 Å². The number of hydrogen-bond acceptors (Lipinski definition) is 2. The van der Waals surface area contributed by atoms with Gasteiger partial charge in [0.1, 0.15) is 0 Å². The molecule has 1 fully saturated rings. The Labute approximate surface area is 121 Å². The van der Waals surface area contributed by atoms with Crippen LogP contribution in [-0.4, -0.2) is 41.6 Å². The van der Waals surface area contributed by atoms with E-state index in [1.54, 1.807) is 6.92 Å². The molecule has 1 aliphatic rings. The summed E-state index contributed by atoms with van der Waals surface area (Å²) in [6.07, 6.45) is 2.36. The molecule has 20 heavy (non-hydrogen) atoms. The minimum atomic E-state index is -0.774. The first-order valence-electron chi connectivity index (χ1n) is 7.47. The maximum absolute atomic E-state index is 12.0. The van der Waals surface area contributed by atoms with E-state index in [0.29, 0.717) is 25.3 Å². The highest BCUT2D eigenvalue weighted by Gasteiger charge is 2.33. The van der Waals surface area contributed by atoms with Gasteiger partial charge in [-0.2, -0.15) is 0 Å². The number of rotatable bonds is 5. The van der Waals surface area contributed by atoms with Crippen molar-refractivity contribution in [2.75, 3.05) is 19.6 Å². The zero-order chi connectivity index (χ0) is 15.3. The largest absolute Gasteiger partial charge is 0.481 e. The van der Waals surface area contributed by atoms with E-state index in [1.807, 2.05) is 4.90 Å². The molecule has 0 aromatic rings. The second-order valence-corrected chi connectivity index (χ2v) is 6.91. The van der Waals surface area contributed by atoms with Gasteiger partial charge >= 0.3 is 12.0 Å². The summed E-state index contributed by atoms with van der Waals surface area (Å²) < 4.78 is 0. The maximum Gasteiger partial charge on any atom is 0.317 e. The molecule has 1 saturated heterocycles. The summed E-state index contributed by atoms with van der Waals surface area (Å²) in [6.45, 7) is 10.5. The molecule has 116 valence electrons. The van der Waals surface area contributed by atoms with Gasteiger partial charge in [-0.05, 0) is 30.6 Å². The number of urea groups is 1. The van der Waals surface area contributed by atoms with E-state index in [1.165, 1.54) is 0 Å². The van der Waals surface area contributed by atoms with Gasteiger partial charge in [-0.3, -0.25) is 4.79 Å². The summed E-state index contributed by atoms with van der Waals surface area (Å²) in [5.41, 5.74) is 0.242. The average Bonchev–Trinajstić information content (AvgIpc) is 2.83. The molecule has 0 aromatic carbocycles. The molecular weight excluding hydrogens is 256 g/mol. The second kappa shape index (κ2) is 6.95. The molecule has 1 rings (SSSR count). The number of nitrogens with zero attached hydrogens (tertiary/aromatic N) is 1. The quantitative estimate of drug-likeness (QED) is 0.762. The number of carbonyl (C=O) groups excluding carboxylic acids is 1. The summed E-state index contributed by atoms with van der Waals surface area (Å²) in [6, 6.07) is -0.0141. The molecule has 2 unspecified atom stereocenters. The highest BCUT2D eigenvalue weighted by Crippen LogP contribution is 2.33. The fourth-order valence-corrected chi connectivity index (χ4v) is 2.49. The van der Waals surface area contributed by atoms with Crippen molar-refractivity contribution < 1.29 is 14.7 Å². The zero-order valence-electron chi connectivity index (χ0n) is 13.1. The molecule has 0 saturated carbocycles. The first-order valence-corrected chi connectivity index (χ1v) is 7.47. The number of carboxylic acids is 1. The van der Waals surface area contributed by atoms with E-state index in [0.717, 1.165) is 19.5 Å². The van der Waals surface area contributed by atoms with Crippen LogP contribution in [0, 0.1) is 17.3 Å². The zero-order valence-corrected chi connectivity index (χ0v) is 13.1.